The Morgan fingerprint density at radius 3 is 2.42 bits per heavy atom. The number of nitrogens with two attached hydrogens (primary N) is 1. The number of hydrogen-bond donors (Lipinski definition) is 1. The maximum absolute atomic E-state index is 12.3. The van der Waals surface area contributed by atoms with E-state index in [0.717, 1.165) is 25.8 Å². The molecule has 1 aliphatic carbocycles. The van der Waals surface area contributed by atoms with Crippen LogP contribution in [-0.4, -0.2) is 42.6 Å². The summed E-state index contributed by atoms with van der Waals surface area (Å²) in [7, 11) is 0. The summed E-state index contributed by atoms with van der Waals surface area (Å²) < 4.78 is 5.46. The SMILES string of the molecule is CC(C)OCC(=O)N(CCCN)C1CCCCCC1. The molecule has 19 heavy (non-hydrogen) atoms. The molecule has 0 aromatic heterocycles. The first-order valence-corrected chi connectivity index (χ1v) is 7.76. The first-order valence-electron chi connectivity index (χ1n) is 7.76. The fourth-order valence-electron chi connectivity index (χ4n) is 2.66. The summed E-state index contributed by atoms with van der Waals surface area (Å²) in [5, 5.41) is 0. The minimum Gasteiger partial charge on any atom is -0.369 e. The topological polar surface area (TPSA) is 55.6 Å². The fourth-order valence-corrected chi connectivity index (χ4v) is 2.66. The zero-order chi connectivity index (χ0) is 14.1. The molecule has 1 amide bonds. The Morgan fingerprint density at radius 1 is 1.26 bits per heavy atom. The maximum Gasteiger partial charge on any atom is 0.248 e. The van der Waals surface area contributed by atoms with Crippen molar-refractivity contribution in [1.29, 1.82) is 0 Å². The van der Waals surface area contributed by atoms with Crippen LogP contribution in [0, 0.1) is 0 Å². The van der Waals surface area contributed by atoms with Crippen molar-refractivity contribution in [2.24, 2.45) is 5.73 Å². The highest BCUT2D eigenvalue weighted by molar-refractivity contribution is 5.77. The monoisotopic (exact) mass is 270 g/mol. The Balaban J connectivity index is 2.55. The average Bonchev–Trinajstić information content (AvgIpc) is 2.66. The Kier molecular flexibility index (Phi) is 8.07. The number of carbonyl (C=O) groups excluding carboxylic acids is 1. The van der Waals surface area contributed by atoms with Crippen molar-refractivity contribution in [3.8, 4) is 0 Å². The van der Waals surface area contributed by atoms with Crippen LogP contribution in [0.5, 0.6) is 0 Å². The quantitative estimate of drug-likeness (QED) is 0.722. The van der Waals surface area contributed by atoms with Gasteiger partial charge in [-0.3, -0.25) is 4.79 Å². The molecule has 0 radical (unpaired) electrons. The van der Waals surface area contributed by atoms with Crippen molar-refractivity contribution in [1.82, 2.24) is 4.90 Å². The van der Waals surface area contributed by atoms with Crippen LogP contribution in [0.1, 0.15) is 58.8 Å². The molecule has 0 saturated heterocycles. The molecule has 0 aromatic rings. The first-order chi connectivity index (χ1) is 9.15. The van der Waals surface area contributed by atoms with Gasteiger partial charge in [0, 0.05) is 12.6 Å². The predicted molar refractivity (Wildman–Crippen MR) is 78.0 cm³/mol. The summed E-state index contributed by atoms with van der Waals surface area (Å²) in [6.45, 7) is 5.55. The highest BCUT2D eigenvalue weighted by Gasteiger charge is 2.24. The molecule has 4 heteroatoms. The number of rotatable bonds is 7. The molecule has 0 aromatic carbocycles. The van der Waals surface area contributed by atoms with Crippen LogP contribution in [0.15, 0.2) is 0 Å². The van der Waals surface area contributed by atoms with Gasteiger partial charge in [0.2, 0.25) is 5.91 Å². The Morgan fingerprint density at radius 2 is 1.89 bits per heavy atom. The maximum atomic E-state index is 12.3. The molecule has 112 valence electrons. The summed E-state index contributed by atoms with van der Waals surface area (Å²) in [6, 6.07) is 0.400. The molecule has 0 bridgehead atoms. The molecular weight excluding hydrogens is 240 g/mol. The van der Waals surface area contributed by atoms with E-state index in [2.05, 4.69) is 0 Å². The van der Waals surface area contributed by atoms with Crippen molar-refractivity contribution in [2.45, 2.75) is 70.9 Å². The zero-order valence-electron chi connectivity index (χ0n) is 12.6. The second-order valence-corrected chi connectivity index (χ2v) is 5.73. The van der Waals surface area contributed by atoms with E-state index in [1.165, 1.54) is 25.7 Å². The van der Waals surface area contributed by atoms with E-state index in [0.29, 0.717) is 12.6 Å². The molecule has 0 spiro atoms. The van der Waals surface area contributed by atoms with Gasteiger partial charge in [0.05, 0.1) is 6.10 Å². The second-order valence-electron chi connectivity index (χ2n) is 5.73. The lowest BCUT2D eigenvalue weighted by Crippen LogP contribution is -2.43. The third-order valence-electron chi connectivity index (χ3n) is 3.73. The molecule has 2 N–H and O–H groups in total. The second kappa shape index (κ2) is 9.32. The summed E-state index contributed by atoms with van der Waals surface area (Å²) >= 11 is 0. The van der Waals surface area contributed by atoms with E-state index in [1.807, 2.05) is 18.7 Å². The van der Waals surface area contributed by atoms with Gasteiger partial charge in [-0.1, -0.05) is 25.7 Å². The third-order valence-corrected chi connectivity index (χ3v) is 3.73. The number of carbonyl (C=O) groups is 1. The Labute approximate surface area is 117 Å². The van der Waals surface area contributed by atoms with Crippen molar-refractivity contribution in [2.75, 3.05) is 19.7 Å². The van der Waals surface area contributed by atoms with E-state index in [9.17, 15) is 4.79 Å². The van der Waals surface area contributed by atoms with Gasteiger partial charge in [-0.15, -0.1) is 0 Å². The molecule has 0 heterocycles. The Hall–Kier alpha value is -0.610. The molecule has 0 unspecified atom stereocenters. The standard InChI is InChI=1S/C15H30N2O2/c1-13(2)19-12-15(18)17(11-7-10-16)14-8-5-3-4-6-9-14/h13-14H,3-12,16H2,1-2H3. The lowest BCUT2D eigenvalue weighted by molar-refractivity contribution is -0.140. The lowest BCUT2D eigenvalue weighted by atomic mass is 10.1. The van der Waals surface area contributed by atoms with E-state index in [4.69, 9.17) is 10.5 Å². The molecule has 1 aliphatic rings. The van der Waals surface area contributed by atoms with Crippen LogP contribution in [-0.2, 0) is 9.53 Å². The average molecular weight is 270 g/mol. The summed E-state index contributed by atoms with van der Waals surface area (Å²) in [6.07, 6.45) is 8.34. The Bertz CT molecular complexity index is 249. The van der Waals surface area contributed by atoms with E-state index in [1.54, 1.807) is 0 Å². The highest BCUT2D eigenvalue weighted by atomic mass is 16.5. The van der Waals surface area contributed by atoms with Crippen molar-refractivity contribution < 1.29 is 9.53 Å². The molecule has 0 aliphatic heterocycles. The van der Waals surface area contributed by atoms with Crippen LogP contribution >= 0.6 is 0 Å². The van der Waals surface area contributed by atoms with Gasteiger partial charge >= 0.3 is 0 Å². The van der Waals surface area contributed by atoms with Crippen LogP contribution in [0.3, 0.4) is 0 Å². The highest BCUT2D eigenvalue weighted by Crippen LogP contribution is 2.22. The van der Waals surface area contributed by atoms with Gasteiger partial charge in [0.25, 0.3) is 0 Å². The molecule has 4 nitrogen and oxygen atoms in total. The van der Waals surface area contributed by atoms with E-state index >= 15 is 0 Å². The molecule has 1 saturated carbocycles. The van der Waals surface area contributed by atoms with Crippen LogP contribution < -0.4 is 5.73 Å². The van der Waals surface area contributed by atoms with Gasteiger partial charge in [-0.2, -0.15) is 0 Å². The van der Waals surface area contributed by atoms with Gasteiger partial charge in [-0.05, 0) is 39.7 Å². The van der Waals surface area contributed by atoms with Crippen LogP contribution in [0.4, 0.5) is 0 Å². The zero-order valence-corrected chi connectivity index (χ0v) is 12.6. The molecule has 1 fully saturated rings. The molecule has 1 rings (SSSR count). The summed E-state index contributed by atoms with van der Waals surface area (Å²) in [4.78, 5) is 14.4. The molecule has 0 atom stereocenters. The third kappa shape index (κ3) is 6.39. The number of hydrogen-bond acceptors (Lipinski definition) is 3. The van der Waals surface area contributed by atoms with Crippen molar-refractivity contribution in [3.63, 3.8) is 0 Å². The summed E-state index contributed by atoms with van der Waals surface area (Å²) in [5.74, 6) is 0.133. The predicted octanol–water partition coefficient (Wildman–Crippen LogP) is 2.31. The summed E-state index contributed by atoms with van der Waals surface area (Å²) in [5.41, 5.74) is 5.59. The van der Waals surface area contributed by atoms with Gasteiger partial charge < -0.3 is 15.4 Å². The minimum atomic E-state index is 0.106. The fraction of sp³-hybridized carbons (Fsp3) is 0.933. The minimum absolute atomic E-state index is 0.106. The van der Waals surface area contributed by atoms with E-state index < -0.39 is 0 Å². The van der Waals surface area contributed by atoms with Crippen molar-refractivity contribution >= 4 is 5.91 Å². The van der Waals surface area contributed by atoms with Crippen molar-refractivity contribution in [3.05, 3.63) is 0 Å². The van der Waals surface area contributed by atoms with Crippen LogP contribution in [0.2, 0.25) is 0 Å². The van der Waals surface area contributed by atoms with E-state index in [-0.39, 0.29) is 18.6 Å². The number of amides is 1. The first kappa shape index (κ1) is 16.4. The van der Waals surface area contributed by atoms with Gasteiger partial charge in [0.1, 0.15) is 6.61 Å². The van der Waals surface area contributed by atoms with Gasteiger partial charge in [-0.25, -0.2) is 0 Å². The normalized spacial score (nSPS) is 17.5. The number of nitrogens with zero attached hydrogens (tertiary/aromatic N) is 1. The lowest BCUT2D eigenvalue weighted by Gasteiger charge is -2.31. The number of ether oxygens (including phenoxy) is 1. The van der Waals surface area contributed by atoms with Crippen LogP contribution in [0.25, 0.3) is 0 Å². The smallest absolute Gasteiger partial charge is 0.248 e. The van der Waals surface area contributed by atoms with Gasteiger partial charge in [0.15, 0.2) is 0 Å². The largest absolute Gasteiger partial charge is 0.369 e. The molecular formula is C15H30N2O2.